The summed E-state index contributed by atoms with van der Waals surface area (Å²) in [5, 5.41) is 0. The fraction of sp³-hybridized carbons (Fsp3) is 0.467. The number of hydrogen-bond acceptors (Lipinski definition) is 4. The van der Waals surface area contributed by atoms with Crippen LogP contribution < -0.4 is 0 Å². The average Bonchev–Trinajstić information content (AvgIpc) is 2.49. The summed E-state index contributed by atoms with van der Waals surface area (Å²) < 4.78 is 9.97. The quantitative estimate of drug-likeness (QED) is 0.772. The van der Waals surface area contributed by atoms with Crippen LogP contribution in [0, 0.1) is 6.92 Å². The van der Waals surface area contributed by atoms with Crippen molar-refractivity contribution >= 4 is 11.9 Å². The summed E-state index contributed by atoms with van der Waals surface area (Å²) in [6.45, 7) is 3.12. The van der Waals surface area contributed by atoms with Crippen LogP contribution in [-0.2, 0) is 25.5 Å². The first-order chi connectivity index (χ1) is 9.61. The second kappa shape index (κ2) is 6.52. The van der Waals surface area contributed by atoms with Crippen LogP contribution in [0.5, 0.6) is 0 Å². The van der Waals surface area contributed by atoms with Gasteiger partial charge in [-0.2, -0.15) is 0 Å². The van der Waals surface area contributed by atoms with Gasteiger partial charge in [0.2, 0.25) is 5.91 Å². The fourth-order valence-electron chi connectivity index (χ4n) is 2.23. The largest absolute Gasteiger partial charge is 0.467 e. The molecule has 20 heavy (non-hydrogen) atoms. The van der Waals surface area contributed by atoms with Crippen LogP contribution in [0.3, 0.4) is 0 Å². The van der Waals surface area contributed by atoms with Crippen molar-refractivity contribution in [2.24, 2.45) is 0 Å². The maximum absolute atomic E-state index is 12.3. The molecule has 1 fully saturated rings. The fourth-order valence-corrected chi connectivity index (χ4v) is 2.23. The minimum atomic E-state index is -0.672. The van der Waals surface area contributed by atoms with Crippen molar-refractivity contribution in [3.8, 4) is 0 Å². The summed E-state index contributed by atoms with van der Waals surface area (Å²) in [5.74, 6) is -0.421. The van der Waals surface area contributed by atoms with Gasteiger partial charge in [-0.05, 0) is 18.1 Å². The van der Waals surface area contributed by atoms with Gasteiger partial charge in [0.05, 0.1) is 26.7 Å². The van der Waals surface area contributed by atoms with Gasteiger partial charge in [0.25, 0.3) is 0 Å². The molecule has 1 heterocycles. The standard InChI is InChI=1S/C15H19NO4/c1-11-5-3-4-6-12(11)9-14(17)16-7-8-20-13(10-16)15(18)19-2/h3-6,13H,7-10H2,1-2H3. The highest BCUT2D eigenvalue weighted by atomic mass is 16.6. The van der Waals surface area contributed by atoms with E-state index in [2.05, 4.69) is 4.74 Å². The molecule has 1 amide bonds. The molecule has 2 rings (SSSR count). The third-order valence-corrected chi connectivity index (χ3v) is 3.49. The van der Waals surface area contributed by atoms with Gasteiger partial charge >= 0.3 is 5.97 Å². The Bertz CT molecular complexity index is 500. The van der Waals surface area contributed by atoms with Crippen molar-refractivity contribution < 1.29 is 19.1 Å². The molecule has 1 atom stereocenters. The molecule has 5 nitrogen and oxygen atoms in total. The summed E-state index contributed by atoms with van der Waals surface area (Å²) in [7, 11) is 1.32. The second-order valence-corrected chi connectivity index (χ2v) is 4.83. The molecule has 1 aromatic carbocycles. The van der Waals surface area contributed by atoms with E-state index in [0.717, 1.165) is 11.1 Å². The van der Waals surface area contributed by atoms with E-state index < -0.39 is 12.1 Å². The van der Waals surface area contributed by atoms with E-state index in [1.165, 1.54) is 7.11 Å². The Morgan fingerprint density at radius 1 is 1.40 bits per heavy atom. The lowest BCUT2D eigenvalue weighted by Gasteiger charge is -2.31. The lowest BCUT2D eigenvalue weighted by molar-refractivity contribution is -0.162. The molecule has 0 radical (unpaired) electrons. The van der Waals surface area contributed by atoms with E-state index in [4.69, 9.17) is 4.74 Å². The number of ether oxygens (including phenoxy) is 2. The molecule has 5 heteroatoms. The SMILES string of the molecule is COC(=O)C1CN(C(=O)Cc2ccccc2C)CCO1. The van der Waals surface area contributed by atoms with Crippen molar-refractivity contribution in [2.75, 3.05) is 26.8 Å². The van der Waals surface area contributed by atoms with E-state index in [0.29, 0.717) is 19.6 Å². The molecule has 0 spiro atoms. The first-order valence-corrected chi connectivity index (χ1v) is 6.63. The average molecular weight is 277 g/mol. The Morgan fingerprint density at radius 2 is 2.15 bits per heavy atom. The van der Waals surface area contributed by atoms with Crippen LogP contribution in [0.4, 0.5) is 0 Å². The molecule has 1 aliphatic heterocycles. The molecular weight excluding hydrogens is 258 g/mol. The van der Waals surface area contributed by atoms with Crippen LogP contribution in [0.15, 0.2) is 24.3 Å². The minimum Gasteiger partial charge on any atom is -0.467 e. The molecule has 0 aliphatic carbocycles. The molecule has 1 unspecified atom stereocenters. The topological polar surface area (TPSA) is 55.8 Å². The summed E-state index contributed by atoms with van der Waals surface area (Å²) >= 11 is 0. The molecule has 0 saturated carbocycles. The summed E-state index contributed by atoms with van der Waals surface area (Å²) in [6, 6.07) is 7.81. The number of rotatable bonds is 3. The van der Waals surface area contributed by atoms with Crippen LogP contribution in [0.25, 0.3) is 0 Å². The van der Waals surface area contributed by atoms with E-state index in [-0.39, 0.29) is 12.5 Å². The zero-order valence-electron chi connectivity index (χ0n) is 11.8. The van der Waals surface area contributed by atoms with Crippen molar-refractivity contribution in [2.45, 2.75) is 19.4 Å². The van der Waals surface area contributed by atoms with Gasteiger partial charge in [-0.25, -0.2) is 4.79 Å². The highest BCUT2D eigenvalue weighted by Gasteiger charge is 2.29. The Labute approximate surface area is 118 Å². The van der Waals surface area contributed by atoms with Crippen LogP contribution in [-0.4, -0.2) is 49.7 Å². The van der Waals surface area contributed by atoms with Gasteiger partial charge < -0.3 is 14.4 Å². The zero-order chi connectivity index (χ0) is 14.5. The number of hydrogen-bond donors (Lipinski definition) is 0. The molecule has 1 saturated heterocycles. The van der Waals surface area contributed by atoms with Gasteiger partial charge in [0.15, 0.2) is 6.10 Å². The summed E-state index contributed by atoms with van der Waals surface area (Å²) in [5.41, 5.74) is 2.11. The Balaban J connectivity index is 1.99. The number of methoxy groups -OCH3 is 1. The van der Waals surface area contributed by atoms with Gasteiger partial charge in [0.1, 0.15) is 0 Å². The monoisotopic (exact) mass is 277 g/mol. The number of amides is 1. The third-order valence-electron chi connectivity index (χ3n) is 3.49. The van der Waals surface area contributed by atoms with Crippen LogP contribution >= 0.6 is 0 Å². The third kappa shape index (κ3) is 3.36. The lowest BCUT2D eigenvalue weighted by atomic mass is 10.1. The van der Waals surface area contributed by atoms with E-state index in [1.807, 2.05) is 31.2 Å². The van der Waals surface area contributed by atoms with Crippen molar-refractivity contribution in [1.82, 2.24) is 4.90 Å². The van der Waals surface area contributed by atoms with Crippen LogP contribution in [0.1, 0.15) is 11.1 Å². The number of esters is 1. The van der Waals surface area contributed by atoms with Gasteiger partial charge in [-0.15, -0.1) is 0 Å². The maximum Gasteiger partial charge on any atom is 0.336 e. The highest BCUT2D eigenvalue weighted by Crippen LogP contribution is 2.12. The van der Waals surface area contributed by atoms with E-state index in [1.54, 1.807) is 4.90 Å². The molecule has 0 bridgehead atoms. The molecular formula is C15H19NO4. The number of benzene rings is 1. The van der Waals surface area contributed by atoms with E-state index in [9.17, 15) is 9.59 Å². The zero-order valence-corrected chi connectivity index (χ0v) is 11.8. The highest BCUT2D eigenvalue weighted by molar-refractivity contribution is 5.81. The Kier molecular flexibility index (Phi) is 4.74. The van der Waals surface area contributed by atoms with Crippen molar-refractivity contribution in [3.05, 3.63) is 35.4 Å². The predicted molar refractivity (Wildman–Crippen MR) is 73.2 cm³/mol. The first kappa shape index (κ1) is 14.5. The van der Waals surface area contributed by atoms with Gasteiger partial charge in [-0.1, -0.05) is 24.3 Å². The van der Waals surface area contributed by atoms with Gasteiger partial charge in [-0.3, -0.25) is 4.79 Å². The molecule has 108 valence electrons. The van der Waals surface area contributed by atoms with Crippen molar-refractivity contribution in [3.63, 3.8) is 0 Å². The van der Waals surface area contributed by atoms with Crippen LogP contribution in [0.2, 0.25) is 0 Å². The molecule has 0 aromatic heterocycles. The number of morpholine rings is 1. The van der Waals surface area contributed by atoms with E-state index >= 15 is 0 Å². The van der Waals surface area contributed by atoms with Crippen molar-refractivity contribution in [1.29, 1.82) is 0 Å². The number of aryl methyl sites for hydroxylation is 1. The molecule has 1 aromatic rings. The number of carbonyl (C=O) groups excluding carboxylic acids is 2. The Morgan fingerprint density at radius 3 is 2.85 bits per heavy atom. The molecule has 0 N–H and O–H groups in total. The summed E-state index contributed by atoms with van der Waals surface area (Å²) in [6.07, 6.45) is -0.324. The lowest BCUT2D eigenvalue weighted by Crippen LogP contribution is -2.49. The normalized spacial score (nSPS) is 18.7. The smallest absolute Gasteiger partial charge is 0.336 e. The number of nitrogens with zero attached hydrogens (tertiary/aromatic N) is 1. The first-order valence-electron chi connectivity index (χ1n) is 6.63. The molecule has 1 aliphatic rings. The van der Waals surface area contributed by atoms with Gasteiger partial charge in [0, 0.05) is 6.54 Å². The number of carbonyl (C=O) groups is 2. The predicted octanol–water partition coefficient (Wildman–Crippen LogP) is 0.938. The minimum absolute atomic E-state index is 0.0107. The second-order valence-electron chi connectivity index (χ2n) is 4.83. The summed E-state index contributed by atoms with van der Waals surface area (Å²) in [4.78, 5) is 25.4. The Hall–Kier alpha value is -1.88. The maximum atomic E-state index is 12.3.